The fraction of sp³-hybridized carbons (Fsp3) is 0.500. The van der Waals surface area contributed by atoms with E-state index in [9.17, 15) is 0 Å². The number of hydrogen-bond acceptors (Lipinski definition) is 3. The maximum absolute atomic E-state index is 5.82. The zero-order valence-corrected chi connectivity index (χ0v) is 7.95. The first-order valence-corrected chi connectivity index (χ1v) is 4.76. The number of likely N-dealkylation sites (N-methyl/N-ethyl adjacent to an activating group) is 1. The van der Waals surface area contributed by atoms with Crippen molar-refractivity contribution in [1.82, 2.24) is 9.88 Å². The molecular weight excluding hydrogens is 162 g/mol. The van der Waals surface area contributed by atoms with Crippen molar-refractivity contribution in [1.29, 1.82) is 0 Å². The summed E-state index contributed by atoms with van der Waals surface area (Å²) in [5.74, 6) is 0.704. The van der Waals surface area contributed by atoms with E-state index in [0.717, 1.165) is 26.1 Å². The number of nitrogens with two attached hydrogens (primary N) is 1. The van der Waals surface area contributed by atoms with Crippen molar-refractivity contribution >= 4 is 5.82 Å². The summed E-state index contributed by atoms with van der Waals surface area (Å²) in [6, 6.07) is 2.08. The zero-order chi connectivity index (χ0) is 9.26. The first-order valence-electron chi connectivity index (χ1n) is 4.76. The van der Waals surface area contributed by atoms with Crippen molar-refractivity contribution in [2.45, 2.75) is 19.9 Å². The molecule has 0 unspecified atom stereocenters. The van der Waals surface area contributed by atoms with Gasteiger partial charge in [-0.1, -0.05) is 6.92 Å². The van der Waals surface area contributed by atoms with Gasteiger partial charge in [-0.25, -0.2) is 4.98 Å². The first-order chi connectivity index (χ1) is 6.31. The third kappa shape index (κ3) is 1.52. The molecule has 0 saturated heterocycles. The monoisotopic (exact) mass is 177 g/mol. The molecule has 0 saturated carbocycles. The van der Waals surface area contributed by atoms with Crippen LogP contribution in [0.4, 0.5) is 5.82 Å². The van der Waals surface area contributed by atoms with Crippen LogP contribution >= 0.6 is 0 Å². The predicted molar refractivity (Wildman–Crippen MR) is 53.3 cm³/mol. The lowest BCUT2D eigenvalue weighted by Gasteiger charge is -2.27. The summed E-state index contributed by atoms with van der Waals surface area (Å²) in [6.45, 7) is 5.38. The smallest absolute Gasteiger partial charge is 0.128 e. The Hall–Kier alpha value is -1.09. The second kappa shape index (κ2) is 3.34. The van der Waals surface area contributed by atoms with Crippen molar-refractivity contribution in [3.63, 3.8) is 0 Å². The van der Waals surface area contributed by atoms with Gasteiger partial charge in [0, 0.05) is 24.8 Å². The molecule has 0 aliphatic carbocycles. The number of hydrogen-bond donors (Lipinski definition) is 1. The topological polar surface area (TPSA) is 42.2 Å². The average molecular weight is 177 g/mol. The van der Waals surface area contributed by atoms with Crippen molar-refractivity contribution in [3.8, 4) is 0 Å². The van der Waals surface area contributed by atoms with Crippen molar-refractivity contribution < 1.29 is 0 Å². The molecule has 70 valence electrons. The highest BCUT2D eigenvalue weighted by Gasteiger charge is 2.16. The molecular formula is C10H15N3. The Morgan fingerprint density at radius 3 is 3.23 bits per heavy atom. The van der Waals surface area contributed by atoms with Gasteiger partial charge < -0.3 is 5.73 Å². The van der Waals surface area contributed by atoms with E-state index in [2.05, 4.69) is 22.9 Å². The standard InChI is InChI=1S/C10H15N3/c1-2-13-6-4-8-3-5-12-10(11)9(8)7-13/h3,5H,2,4,6-7H2,1H3,(H2,11,12). The van der Waals surface area contributed by atoms with Gasteiger partial charge in [0.2, 0.25) is 0 Å². The van der Waals surface area contributed by atoms with Crippen molar-refractivity contribution in [2.75, 3.05) is 18.8 Å². The minimum atomic E-state index is 0.704. The van der Waals surface area contributed by atoms with E-state index in [4.69, 9.17) is 5.73 Å². The highest BCUT2D eigenvalue weighted by Crippen LogP contribution is 2.21. The molecule has 0 amide bonds. The molecule has 0 aromatic carbocycles. The molecule has 13 heavy (non-hydrogen) atoms. The molecule has 1 aromatic rings. The predicted octanol–water partition coefficient (Wildman–Crippen LogP) is 1.04. The van der Waals surface area contributed by atoms with E-state index in [1.807, 2.05) is 0 Å². The van der Waals surface area contributed by atoms with Crippen molar-refractivity contribution in [3.05, 3.63) is 23.4 Å². The van der Waals surface area contributed by atoms with Crippen LogP contribution < -0.4 is 5.73 Å². The molecule has 1 aromatic heterocycles. The van der Waals surface area contributed by atoms with E-state index >= 15 is 0 Å². The molecule has 1 aliphatic heterocycles. The quantitative estimate of drug-likeness (QED) is 0.697. The Morgan fingerprint density at radius 1 is 1.62 bits per heavy atom. The minimum Gasteiger partial charge on any atom is -0.383 e. The van der Waals surface area contributed by atoms with E-state index in [-0.39, 0.29) is 0 Å². The molecule has 2 heterocycles. The molecule has 2 N–H and O–H groups in total. The van der Waals surface area contributed by atoms with Gasteiger partial charge in [-0.15, -0.1) is 0 Å². The summed E-state index contributed by atoms with van der Waals surface area (Å²) in [6.07, 6.45) is 2.91. The molecule has 0 radical (unpaired) electrons. The molecule has 0 bridgehead atoms. The fourth-order valence-corrected chi connectivity index (χ4v) is 1.82. The number of fused-ring (bicyclic) bond motifs is 1. The Labute approximate surface area is 78.6 Å². The van der Waals surface area contributed by atoms with E-state index in [1.54, 1.807) is 6.20 Å². The Bertz CT molecular complexity index is 309. The summed E-state index contributed by atoms with van der Waals surface area (Å²) >= 11 is 0. The molecule has 0 atom stereocenters. The Balaban J connectivity index is 2.32. The molecule has 0 spiro atoms. The number of nitrogen functional groups attached to an aromatic ring is 1. The lowest BCUT2D eigenvalue weighted by atomic mass is 10.0. The van der Waals surface area contributed by atoms with Gasteiger partial charge in [-0.3, -0.25) is 4.90 Å². The minimum absolute atomic E-state index is 0.704. The molecule has 2 rings (SSSR count). The molecule has 3 nitrogen and oxygen atoms in total. The van der Waals surface area contributed by atoms with Crippen LogP contribution in [0.25, 0.3) is 0 Å². The van der Waals surface area contributed by atoms with E-state index < -0.39 is 0 Å². The maximum Gasteiger partial charge on any atom is 0.128 e. The van der Waals surface area contributed by atoms with Crippen LogP contribution in [0.2, 0.25) is 0 Å². The van der Waals surface area contributed by atoms with Crippen LogP contribution in [-0.2, 0) is 13.0 Å². The summed E-state index contributed by atoms with van der Waals surface area (Å²) in [4.78, 5) is 6.50. The number of anilines is 1. The normalized spacial score (nSPS) is 17.0. The number of nitrogens with zero attached hydrogens (tertiary/aromatic N) is 2. The third-order valence-corrected chi connectivity index (χ3v) is 2.71. The van der Waals surface area contributed by atoms with Gasteiger partial charge in [0.05, 0.1) is 0 Å². The summed E-state index contributed by atoms with van der Waals surface area (Å²) in [5.41, 5.74) is 8.42. The zero-order valence-electron chi connectivity index (χ0n) is 7.95. The molecule has 0 fully saturated rings. The largest absolute Gasteiger partial charge is 0.383 e. The van der Waals surface area contributed by atoms with Gasteiger partial charge in [-0.05, 0) is 24.6 Å². The second-order valence-corrected chi connectivity index (χ2v) is 3.45. The van der Waals surface area contributed by atoms with Gasteiger partial charge in [-0.2, -0.15) is 0 Å². The first kappa shape index (κ1) is 8.51. The fourth-order valence-electron chi connectivity index (χ4n) is 1.82. The summed E-state index contributed by atoms with van der Waals surface area (Å²) < 4.78 is 0. The second-order valence-electron chi connectivity index (χ2n) is 3.45. The van der Waals surface area contributed by atoms with Crippen molar-refractivity contribution in [2.24, 2.45) is 0 Å². The Morgan fingerprint density at radius 2 is 2.46 bits per heavy atom. The number of rotatable bonds is 1. The third-order valence-electron chi connectivity index (χ3n) is 2.71. The van der Waals surface area contributed by atoms with Gasteiger partial charge in [0.15, 0.2) is 0 Å². The van der Waals surface area contributed by atoms with Gasteiger partial charge >= 0.3 is 0 Å². The lowest BCUT2D eigenvalue weighted by molar-refractivity contribution is 0.268. The summed E-state index contributed by atoms with van der Waals surface area (Å²) in [5, 5.41) is 0. The molecule has 3 heteroatoms. The summed E-state index contributed by atoms with van der Waals surface area (Å²) in [7, 11) is 0. The number of aromatic nitrogens is 1. The lowest BCUT2D eigenvalue weighted by Crippen LogP contribution is -2.30. The SMILES string of the molecule is CCN1CCc2ccnc(N)c2C1. The van der Waals surface area contributed by atoms with E-state index in [1.165, 1.54) is 11.1 Å². The maximum atomic E-state index is 5.82. The van der Waals surface area contributed by atoms with Gasteiger partial charge in [0.25, 0.3) is 0 Å². The van der Waals surface area contributed by atoms with Gasteiger partial charge in [0.1, 0.15) is 5.82 Å². The van der Waals surface area contributed by atoms with Crippen LogP contribution in [0.1, 0.15) is 18.1 Å². The van der Waals surface area contributed by atoms with Crippen LogP contribution in [0.15, 0.2) is 12.3 Å². The highest BCUT2D eigenvalue weighted by atomic mass is 15.1. The molecule has 1 aliphatic rings. The van der Waals surface area contributed by atoms with Crippen LogP contribution in [0.3, 0.4) is 0 Å². The van der Waals surface area contributed by atoms with E-state index in [0.29, 0.717) is 5.82 Å². The van der Waals surface area contributed by atoms with Crippen LogP contribution in [0, 0.1) is 0 Å². The average Bonchev–Trinajstić information content (AvgIpc) is 2.18. The Kier molecular flexibility index (Phi) is 2.19. The number of pyridine rings is 1. The highest BCUT2D eigenvalue weighted by molar-refractivity contribution is 5.45. The van der Waals surface area contributed by atoms with Crippen LogP contribution in [0.5, 0.6) is 0 Å². The van der Waals surface area contributed by atoms with Crippen LogP contribution in [-0.4, -0.2) is 23.0 Å².